The Balaban J connectivity index is 2.67. The van der Waals surface area contributed by atoms with Crippen molar-refractivity contribution in [2.24, 2.45) is 7.05 Å². The number of anilines is 1. The molecule has 6 heteroatoms. The van der Waals surface area contributed by atoms with Gasteiger partial charge in [0.05, 0.1) is 20.5 Å². The molecule has 0 aliphatic heterocycles. The van der Waals surface area contributed by atoms with Gasteiger partial charge in [-0.15, -0.1) is 0 Å². The van der Waals surface area contributed by atoms with Crippen molar-refractivity contribution in [2.75, 3.05) is 5.73 Å². The lowest BCUT2D eigenvalue weighted by Crippen LogP contribution is -2.18. The minimum absolute atomic E-state index is 0.0710. The molecule has 0 aromatic carbocycles. The van der Waals surface area contributed by atoms with Crippen molar-refractivity contribution in [1.29, 1.82) is 0 Å². The molecule has 5 nitrogen and oxygen atoms in total. The van der Waals surface area contributed by atoms with Crippen molar-refractivity contribution in [2.45, 2.75) is 33.1 Å². The van der Waals surface area contributed by atoms with Crippen molar-refractivity contribution in [1.82, 2.24) is 19.7 Å². The highest BCUT2D eigenvalue weighted by Crippen LogP contribution is 2.30. The van der Waals surface area contributed by atoms with Gasteiger partial charge in [-0.2, -0.15) is 5.10 Å². The predicted octanol–water partition coefficient (Wildman–Crippen LogP) is 2.67. The molecule has 2 aromatic heterocycles. The molecule has 0 unspecified atom stereocenters. The van der Waals surface area contributed by atoms with E-state index in [1.807, 2.05) is 20.2 Å². The Labute approximate surface area is 126 Å². The van der Waals surface area contributed by atoms with Gasteiger partial charge >= 0.3 is 0 Å². The lowest BCUT2D eigenvalue weighted by atomic mass is 9.92. The second-order valence-electron chi connectivity index (χ2n) is 5.65. The Morgan fingerprint density at radius 1 is 1.26 bits per heavy atom. The van der Waals surface area contributed by atoms with E-state index in [0.717, 1.165) is 20.5 Å². The largest absolute Gasteiger partial charge is 0.383 e. The van der Waals surface area contributed by atoms with E-state index in [0.29, 0.717) is 11.6 Å². The maximum absolute atomic E-state index is 6.03. The fraction of sp³-hybridized carbons (Fsp3) is 0.462. The number of nitrogens with two attached hydrogens (primary N) is 1. The van der Waals surface area contributed by atoms with Crippen LogP contribution in [0.3, 0.4) is 0 Å². The van der Waals surface area contributed by atoms with Crippen LogP contribution in [0.25, 0.3) is 11.4 Å². The molecule has 2 rings (SSSR count). The van der Waals surface area contributed by atoms with Gasteiger partial charge in [-0.25, -0.2) is 9.97 Å². The predicted molar refractivity (Wildman–Crippen MR) is 84.8 cm³/mol. The first kappa shape index (κ1) is 14.2. The van der Waals surface area contributed by atoms with Gasteiger partial charge in [0.1, 0.15) is 5.82 Å². The molecule has 0 saturated carbocycles. The van der Waals surface area contributed by atoms with Crippen LogP contribution >= 0.6 is 22.6 Å². The SMILES string of the molecule is Cc1nn(C)cc1-c1nc(N)c(I)c(C(C)(C)C)n1. The Morgan fingerprint density at radius 3 is 2.37 bits per heavy atom. The number of aryl methyl sites for hydroxylation is 2. The molecule has 0 saturated heterocycles. The minimum Gasteiger partial charge on any atom is -0.383 e. The quantitative estimate of drug-likeness (QED) is 0.783. The van der Waals surface area contributed by atoms with E-state index in [9.17, 15) is 0 Å². The molecule has 102 valence electrons. The van der Waals surface area contributed by atoms with Crippen LogP contribution < -0.4 is 5.73 Å². The zero-order valence-electron chi connectivity index (χ0n) is 11.8. The minimum atomic E-state index is -0.0710. The molecular weight excluding hydrogens is 353 g/mol. The third kappa shape index (κ3) is 2.72. The summed E-state index contributed by atoms with van der Waals surface area (Å²) in [6.07, 6.45) is 1.92. The first-order chi connectivity index (χ1) is 8.70. The highest BCUT2D eigenvalue weighted by Gasteiger charge is 2.23. The van der Waals surface area contributed by atoms with Gasteiger partial charge in [-0.3, -0.25) is 4.68 Å². The lowest BCUT2D eigenvalue weighted by molar-refractivity contribution is 0.564. The summed E-state index contributed by atoms with van der Waals surface area (Å²) in [5, 5.41) is 4.33. The van der Waals surface area contributed by atoms with Crippen molar-refractivity contribution in [3.63, 3.8) is 0 Å². The second kappa shape index (κ2) is 4.73. The van der Waals surface area contributed by atoms with E-state index < -0.39 is 0 Å². The molecule has 0 atom stereocenters. The van der Waals surface area contributed by atoms with Crippen LogP contribution in [0, 0.1) is 10.5 Å². The van der Waals surface area contributed by atoms with Crippen LogP contribution in [0.15, 0.2) is 6.20 Å². The molecule has 0 radical (unpaired) electrons. The number of aromatic nitrogens is 4. The van der Waals surface area contributed by atoms with Gasteiger partial charge in [-0.05, 0) is 29.5 Å². The highest BCUT2D eigenvalue weighted by molar-refractivity contribution is 14.1. The van der Waals surface area contributed by atoms with Gasteiger partial charge in [0.25, 0.3) is 0 Å². The van der Waals surface area contributed by atoms with E-state index >= 15 is 0 Å². The standard InChI is InChI=1S/C13H18IN5/c1-7-8(6-19(5)18-7)12-16-10(13(2,3)4)9(14)11(15)17-12/h6H,1-5H3,(H2,15,16,17). The first-order valence-corrected chi connectivity index (χ1v) is 7.12. The third-order valence-electron chi connectivity index (χ3n) is 2.84. The number of rotatable bonds is 1. The summed E-state index contributed by atoms with van der Waals surface area (Å²) < 4.78 is 2.69. The summed E-state index contributed by atoms with van der Waals surface area (Å²) in [6, 6.07) is 0. The molecule has 0 spiro atoms. The van der Waals surface area contributed by atoms with Crippen molar-refractivity contribution < 1.29 is 0 Å². The van der Waals surface area contributed by atoms with E-state index in [2.05, 4.69) is 53.4 Å². The molecule has 0 fully saturated rings. The van der Waals surface area contributed by atoms with Gasteiger partial charge in [0.15, 0.2) is 5.82 Å². The molecule has 2 N–H and O–H groups in total. The van der Waals surface area contributed by atoms with Gasteiger partial charge in [-0.1, -0.05) is 20.8 Å². The number of hydrogen-bond acceptors (Lipinski definition) is 4. The van der Waals surface area contributed by atoms with Crippen LogP contribution in [0.2, 0.25) is 0 Å². The number of nitrogens with zero attached hydrogens (tertiary/aromatic N) is 4. The van der Waals surface area contributed by atoms with Crippen LogP contribution in [0.5, 0.6) is 0 Å². The molecule has 19 heavy (non-hydrogen) atoms. The average Bonchev–Trinajstić information content (AvgIpc) is 2.60. The summed E-state index contributed by atoms with van der Waals surface area (Å²) in [7, 11) is 1.89. The van der Waals surface area contributed by atoms with E-state index in [1.54, 1.807) is 4.68 Å². The van der Waals surface area contributed by atoms with Crippen LogP contribution in [0.4, 0.5) is 5.82 Å². The maximum atomic E-state index is 6.03. The Kier molecular flexibility index (Phi) is 3.55. The summed E-state index contributed by atoms with van der Waals surface area (Å²) in [4.78, 5) is 9.09. The van der Waals surface area contributed by atoms with Crippen LogP contribution in [-0.4, -0.2) is 19.7 Å². The topological polar surface area (TPSA) is 69.6 Å². The fourth-order valence-electron chi connectivity index (χ4n) is 1.90. The second-order valence-corrected chi connectivity index (χ2v) is 6.73. The average molecular weight is 371 g/mol. The van der Waals surface area contributed by atoms with Crippen LogP contribution in [-0.2, 0) is 12.5 Å². The molecule has 2 aromatic rings. The van der Waals surface area contributed by atoms with E-state index in [1.165, 1.54) is 0 Å². The summed E-state index contributed by atoms with van der Waals surface area (Å²) in [6.45, 7) is 8.31. The summed E-state index contributed by atoms with van der Waals surface area (Å²) >= 11 is 2.21. The molecule has 0 amide bonds. The summed E-state index contributed by atoms with van der Waals surface area (Å²) in [5.41, 5.74) is 8.76. The number of hydrogen-bond donors (Lipinski definition) is 1. The molecule has 2 heterocycles. The first-order valence-electron chi connectivity index (χ1n) is 6.04. The number of nitrogen functional groups attached to an aromatic ring is 1. The number of halogens is 1. The maximum Gasteiger partial charge on any atom is 0.165 e. The van der Waals surface area contributed by atoms with Gasteiger partial charge in [0.2, 0.25) is 0 Å². The zero-order valence-corrected chi connectivity index (χ0v) is 14.0. The smallest absolute Gasteiger partial charge is 0.165 e. The van der Waals surface area contributed by atoms with Crippen molar-refractivity contribution in [3.8, 4) is 11.4 Å². The zero-order chi connectivity index (χ0) is 14.4. The van der Waals surface area contributed by atoms with Crippen molar-refractivity contribution in [3.05, 3.63) is 21.2 Å². The Hall–Kier alpha value is -1.18. The third-order valence-corrected chi connectivity index (χ3v) is 3.91. The van der Waals surface area contributed by atoms with E-state index in [-0.39, 0.29) is 5.41 Å². The van der Waals surface area contributed by atoms with E-state index in [4.69, 9.17) is 10.7 Å². The van der Waals surface area contributed by atoms with Crippen LogP contribution in [0.1, 0.15) is 32.2 Å². The molecular formula is C13H18IN5. The van der Waals surface area contributed by atoms with Crippen molar-refractivity contribution >= 4 is 28.4 Å². The summed E-state index contributed by atoms with van der Waals surface area (Å²) in [5.74, 6) is 1.17. The molecule has 0 aliphatic rings. The normalized spacial score (nSPS) is 11.9. The fourth-order valence-corrected chi connectivity index (χ4v) is 2.95. The molecule has 0 bridgehead atoms. The Bertz CT molecular complexity index is 625. The monoisotopic (exact) mass is 371 g/mol. The lowest BCUT2D eigenvalue weighted by Gasteiger charge is -2.20. The highest BCUT2D eigenvalue weighted by atomic mass is 127. The van der Waals surface area contributed by atoms with Gasteiger partial charge in [0, 0.05) is 18.7 Å². The van der Waals surface area contributed by atoms with Gasteiger partial charge < -0.3 is 5.73 Å². The Morgan fingerprint density at radius 2 is 1.89 bits per heavy atom. The molecule has 0 aliphatic carbocycles.